The molecular formula is C18H19ClF2N2O2S. The highest BCUT2D eigenvalue weighted by Crippen LogP contribution is 2.21. The van der Waals surface area contributed by atoms with Crippen LogP contribution in [0.2, 0.25) is 5.02 Å². The van der Waals surface area contributed by atoms with E-state index >= 15 is 0 Å². The van der Waals surface area contributed by atoms with Crippen molar-refractivity contribution in [1.29, 1.82) is 0 Å². The lowest BCUT2D eigenvalue weighted by Gasteiger charge is -2.32. The maximum absolute atomic E-state index is 13.7. The van der Waals surface area contributed by atoms with E-state index in [0.717, 1.165) is 12.1 Å². The molecule has 2 aromatic carbocycles. The van der Waals surface area contributed by atoms with Crippen LogP contribution in [-0.2, 0) is 16.6 Å². The second kappa shape index (κ2) is 8.00. The zero-order valence-corrected chi connectivity index (χ0v) is 15.5. The van der Waals surface area contributed by atoms with Crippen molar-refractivity contribution in [3.05, 3.63) is 64.7 Å². The van der Waals surface area contributed by atoms with Gasteiger partial charge in [-0.3, -0.25) is 4.90 Å². The Morgan fingerprint density at radius 1 is 1.08 bits per heavy atom. The lowest BCUT2D eigenvalue weighted by atomic mass is 10.1. The van der Waals surface area contributed by atoms with Crippen LogP contribution in [0.1, 0.15) is 18.4 Å². The fourth-order valence-electron chi connectivity index (χ4n) is 3.01. The molecule has 1 N–H and O–H groups in total. The number of halogens is 3. The van der Waals surface area contributed by atoms with Gasteiger partial charge in [0.25, 0.3) is 0 Å². The second-order valence-corrected chi connectivity index (χ2v) is 8.46. The smallest absolute Gasteiger partial charge is 0.240 e. The first-order valence-corrected chi connectivity index (χ1v) is 10.1. The maximum atomic E-state index is 13.7. The minimum absolute atomic E-state index is 0.0577. The molecule has 0 bridgehead atoms. The lowest BCUT2D eigenvalue weighted by molar-refractivity contribution is 0.198. The minimum Gasteiger partial charge on any atom is -0.299 e. The van der Waals surface area contributed by atoms with Gasteiger partial charge in [-0.25, -0.2) is 21.9 Å². The average Bonchev–Trinajstić information content (AvgIpc) is 2.60. The highest BCUT2D eigenvalue weighted by Gasteiger charge is 2.25. The first kappa shape index (κ1) is 19.2. The highest BCUT2D eigenvalue weighted by molar-refractivity contribution is 7.89. The van der Waals surface area contributed by atoms with Crippen molar-refractivity contribution in [2.75, 3.05) is 13.1 Å². The molecule has 1 aliphatic heterocycles. The van der Waals surface area contributed by atoms with Crippen LogP contribution in [-0.4, -0.2) is 32.4 Å². The molecule has 0 unspecified atom stereocenters. The van der Waals surface area contributed by atoms with E-state index in [1.54, 1.807) is 18.2 Å². The van der Waals surface area contributed by atoms with Crippen molar-refractivity contribution in [1.82, 2.24) is 9.62 Å². The van der Waals surface area contributed by atoms with Crippen molar-refractivity contribution in [3.63, 3.8) is 0 Å². The third kappa shape index (κ3) is 4.59. The molecule has 0 spiro atoms. The monoisotopic (exact) mass is 400 g/mol. The first-order valence-electron chi connectivity index (χ1n) is 8.28. The van der Waals surface area contributed by atoms with Gasteiger partial charge in [-0.15, -0.1) is 0 Å². The van der Waals surface area contributed by atoms with Crippen LogP contribution in [0.4, 0.5) is 8.78 Å². The topological polar surface area (TPSA) is 49.4 Å². The van der Waals surface area contributed by atoms with Gasteiger partial charge in [0.2, 0.25) is 10.0 Å². The summed E-state index contributed by atoms with van der Waals surface area (Å²) in [7, 11) is -3.76. The van der Waals surface area contributed by atoms with Gasteiger partial charge in [0.15, 0.2) is 0 Å². The van der Waals surface area contributed by atoms with Gasteiger partial charge in [-0.2, -0.15) is 0 Å². The Morgan fingerprint density at radius 3 is 2.42 bits per heavy atom. The normalized spacial score (nSPS) is 16.7. The maximum Gasteiger partial charge on any atom is 0.240 e. The Labute approximate surface area is 156 Å². The number of hydrogen-bond donors (Lipinski definition) is 1. The number of nitrogens with zero attached hydrogens (tertiary/aromatic N) is 1. The van der Waals surface area contributed by atoms with Crippen LogP contribution < -0.4 is 4.72 Å². The molecule has 0 atom stereocenters. The zero-order valence-electron chi connectivity index (χ0n) is 14.0. The molecule has 1 fully saturated rings. The summed E-state index contributed by atoms with van der Waals surface area (Å²) in [4.78, 5) is 2.04. The Morgan fingerprint density at radius 2 is 1.77 bits per heavy atom. The van der Waals surface area contributed by atoms with Gasteiger partial charge in [-0.05, 0) is 37.1 Å². The van der Waals surface area contributed by atoms with E-state index in [1.165, 1.54) is 12.1 Å². The second-order valence-electron chi connectivity index (χ2n) is 6.34. The van der Waals surface area contributed by atoms with E-state index in [2.05, 4.69) is 9.62 Å². The summed E-state index contributed by atoms with van der Waals surface area (Å²) in [6.07, 6.45) is 1.23. The highest BCUT2D eigenvalue weighted by atomic mass is 35.5. The summed E-state index contributed by atoms with van der Waals surface area (Å²) in [5, 5.41) is -0.229. The summed E-state index contributed by atoms with van der Waals surface area (Å²) >= 11 is 5.67. The molecule has 0 aromatic heterocycles. The molecule has 140 valence electrons. The lowest BCUT2D eigenvalue weighted by Crippen LogP contribution is -2.44. The molecule has 26 heavy (non-hydrogen) atoms. The van der Waals surface area contributed by atoms with E-state index < -0.39 is 15.8 Å². The summed E-state index contributed by atoms with van der Waals surface area (Å²) in [6.45, 7) is 1.82. The molecule has 4 nitrogen and oxygen atoms in total. The number of hydrogen-bond acceptors (Lipinski definition) is 3. The average molecular weight is 401 g/mol. The van der Waals surface area contributed by atoms with Crippen molar-refractivity contribution in [3.8, 4) is 0 Å². The third-order valence-corrected chi connectivity index (χ3v) is 6.27. The molecular weight excluding hydrogens is 382 g/mol. The number of benzene rings is 2. The standard InChI is InChI=1S/C18H19ClF2N2O2S/c19-16-11-15(5-6-18(16)21)26(24,25)22-14-7-9-23(10-8-14)12-13-3-1-2-4-17(13)20/h1-6,11,14,22H,7-10,12H2. The van der Waals surface area contributed by atoms with Crippen molar-refractivity contribution < 1.29 is 17.2 Å². The van der Waals surface area contributed by atoms with Crippen LogP contribution in [0.5, 0.6) is 0 Å². The molecule has 2 aromatic rings. The summed E-state index contributed by atoms with van der Waals surface area (Å²) in [5.74, 6) is -0.893. The van der Waals surface area contributed by atoms with Crippen LogP contribution >= 0.6 is 11.6 Å². The fraction of sp³-hybridized carbons (Fsp3) is 0.333. The molecule has 3 rings (SSSR count). The summed E-state index contributed by atoms with van der Waals surface area (Å²) < 4.78 is 54.4. The van der Waals surface area contributed by atoms with E-state index in [4.69, 9.17) is 11.6 Å². The number of piperidine rings is 1. The molecule has 8 heteroatoms. The third-order valence-electron chi connectivity index (χ3n) is 4.46. The number of sulfonamides is 1. The minimum atomic E-state index is -3.76. The molecule has 1 saturated heterocycles. The van der Waals surface area contributed by atoms with E-state index in [9.17, 15) is 17.2 Å². The number of nitrogens with one attached hydrogen (secondary N) is 1. The van der Waals surface area contributed by atoms with Crippen molar-refractivity contribution in [2.45, 2.75) is 30.3 Å². The van der Waals surface area contributed by atoms with Crippen LogP contribution in [0.15, 0.2) is 47.4 Å². The van der Waals surface area contributed by atoms with Gasteiger partial charge in [0.1, 0.15) is 11.6 Å². The summed E-state index contributed by atoms with van der Waals surface area (Å²) in [6, 6.07) is 9.75. The molecule has 0 radical (unpaired) electrons. The van der Waals surface area contributed by atoms with Crippen LogP contribution in [0.3, 0.4) is 0 Å². The Kier molecular flexibility index (Phi) is 5.92. The zero-order chi connectivity index (χ0) is 18.7. The van der Waals surface area contributed by atoms with Crippen molar-refractivity contribution in [2.24, 2.45) is 0 Å². The summed E-state index contributed by atoms with van der Waals surface area (Å²) in [5.41, 5.74) is 0.632. The molecule has 1 heterocycles. The number of rotatable bonds is 5. The van der Waals surface area contributed by atoms with Gasteiger partial charge in [-0.1, -0.05) is 29.8 Å². The van der Waals surface area contributed by atoms with Crippen molar-refractivity contribution >= 4 is 21.6 Å². The molecule has 0 saturated carbocycles. The van der Waals surface area contributed by atoms with Crippen LogP contribution in [0.25, 0.3) is 0 Å². The quantitative estimate of drug-likeness (QED) is 0.834. The predicted octanol–water partition coefficient (Wildman–Crippen LogP) is 3.56. The van der Waals surface area contributed by atoms with Crippen LogP contribution in [0, 0.1) is 11.6 Å². The molecule has 1 aliphatic rings. The fourth-order valence-corrected chi connectivity index (χ4v) is 4.58. The van der Waals surface area contributed by atoms with Gasteiger partial charge < -0.3 is 0 Å². The van der Waals surface area contributed by atoms with Gasteiger partial charge in [0, 0.05) is 31.2 Å². The van der Waals surface area contributed by atoms with Gasteiger partial charge in [0.05, 0.1) is 9.92 Å². The SMILES string of the molecule is O=S(=O)(NC1CCN(Cc2ccccc2F)CC1)c1ccc(F)c(Cl)c1. The van der Waals surface area contributed by atoms with Gasteiger partial charge >= 0.3 is 0 Å². The Hall–Kier alpha value is -1.54. The molecule has 0 amide bonds. The van der Waals surface area contributed by atoms with E-state index in [-0.39, 0.29) is 21.8 Å². The first-order chi connectivity index (χ1) is 12.3. The predicted molar refractivity (Wildman–Crippen MR) is 96.4 cm³/mol. The largest absolute Gasteiger partial charge is 0.299 e. The Balaban J connectivity index is 1.58. The Bertz CT molecular complexity index is 885. The number of likely N-dealkylation sites (tertiary alicyclic amines) is 1. The van der Waals surface area contributed by atoms with E-state index in [1.807, 2.05) is 0 Å². The van der Waals surface area contributed by atoms with E-state index in [0.29, 0.717) is 38.0 Å². The molecule has 0 aliphatic carbocycles.